The second-order valence-electron chi connectivity index (χ2n) is 6.62. The van der Waals surface area contributed by atoms with Crippen molar-refractivity contribution in [1.82, 2.24) is 15.3 Å². The molecule has 0 aliphatic heterocycles. The van der Waals surface area contributed by atoms with Crippen LogP contribution in [0.15, 0.2) is 53.4 Å². The molecule has 1 aromatic heterocycles. The van der Waals surface area contributed by atoms with E-state index in [1.165, 1.54) is 11.8 Å². The number of amides is 1. The van der Waals surface area contributed by atoms with Crippen LogP contribution in [-0.2, 0) is 4.79 Å². The van der Waals surface area contributed by atoms with E-state index in [2.05, 4.69) is 29.1 Å². The van der Waals surface area contributed by atoms with Crippen LogP contribution < -0.4 is 10.1 Å². The Balaban J connectivity index is 1.61. The minimum absolute atomic E-state index is 0.00644. The highest BCUT2D eigenvalue weighted by Crippen LogP contribution is 2.24. The summed E-state index contributed by atoms with van der Waals surface area (Å²) in [6, 6.07) is 15.5. The predicted molar refractivity (Wildman–Crippen MR) is 110 cm³/mol. The second-order valence-corrected chi connectivity index (χ2v) is 7.67. The van der Waals surface area contributed by atoms with E-state index in [1.54, 1.807) is 0 Å². The molecule has 6 heteroatoms. The highest BCUT2D eigenvalue weighted by atomic mass is 32.2. The summed E-state index contributed by atoms with van der Waals surface area (Å²) in [7, 11) is 0. The molecule has 5 nitrogen and oxygen atoms in total. The Bertz CT molecular complexity index is 857. The third-order valence-electron chi connectivity index (χ3n) is 4.19. The van der Waals surface area contributed by atoms with Gasteiger partial charge < -0.3 is 15.0 Å². The largest absolute Gasteiger partial charge is 0.494 e. The summed E-state index contributed by atoms with van der Waals surface area (Å²) < 4.78 is 5.44. The molecule has 0 saturated heterocycles. The number of rotatable bonds is 8. The van der Waals surface area contributed by atoms with Crippen LogP contribution in [0.25, 0.3) is 11.0 Å². The van der Waals surface area contributed by atoms with Gasteiger partial charge in [-0.25, -0.2) is 4.98 Å². The van der Waals surface area contributed by atoms with Crippen molar-refractivity contribution < 1.29 is 9.53 Å². The summed E-state index contributed by atoms with van der Waals surface area (Å²) >= 11 is 1.51. The van der Waals surface area contributed by atoms with Crippen LogP contribution in [0.4, 0.5) is 0 Å². The molecule has 3 aromatic rings. The van der Waals surface area contributed by atoms with Crippen LogP contribution in [0.5, 0.6) is 5.75 Å². The molecule has 142 valence electrons. The number of aromatic amines is 1. The number of hydrogen-bond acceptors (Lipinski definition) is 4. The van der Waals surface area contributed by atoms with Gasteiger partial charge >= 0.3 is 0 Å². The summed E-state index contributed by atoms with van der Waals surface area (Å²) in [5.41, 5.74) is 1.90. The number of nitrogens with zero attached hydrogens (tertiary/aromatic N) is 1. The Morgan fingerprint density at radius 3 is 2.59 bits per heavy atom. The van der Waals surface area contributed by atoms with Gasteiger partial charge in [0.2, 0.25) is 5.91 Å². The molecular weight excluding hydrogens is 358 g/mol. The lowest BCUT2D eigenvalue weighted by Gasteiger charge is -2.20. The summed E-state index contributed by atoms with van der Waals surface area (Å²) in [6.07, 6.45) is 0. The van der Waals surface area contributed by atoms with Gasteiger partial charge in [0, 0.05) is 4.90 Å². The minimum atomic E-state index is -0.147. The molecule has 0 saturated carbocycles. The van der Waals surface area contributed by atoms with Gasteiger partial charge in [-0.1, -0.05) is 26.0 Å². The Hall–Kier alpha value is -2.47. The van der Waals surface area contributed by atoms with Crippen LogP contribution in [0.2, 0.25) is 0 Å². The number of thioether (sulfide) groups is 1. The first-order valence-electron chi connectivity index (χ1n) is 9.16. The highest BCUT2D eigenvalue weighted by molar-refractivity contribution is 8.00. The van der Waals surface area contributed by atoms with Gasteiger partial charge in [-0.05, 0) is 49.2 Å². The molecule has 1 heterocycles. The maximum Gasteiger partial charge on any atom is 0.230 e. The molecule has 1 amide bonds. The molecule has 0 spiro atoms. The molecular formula is C21H25N3O2S. The number of benzene rings is 2. The molecule has 2 aromatic carbocycles. The first-order valence-corrected chi connectivity index (χ1v) is 10.1. The van der Waals surface area contributed by atoms with Crippen molar-refractivity contribution in [3.8, 4) is 5.75 Å². The molecule has 0 unspecified atom stereocenters. The number of fused-ring (bicyclic) bond motifs is 1. The molecule has 0 radical (unpaired) electrons. The van der Waals surface area contributed by atoms with Crippen LogP contribution in [0.1, 0.15) is 32.6 Å². The number of aromatic nitrogens is 2. The molecule has 3 rings (SSSR count). The van der Waals surface area contributed by atoms with Crippen molar-refractivity contribution >= 4 is 28.7 Å². The highest BCUT2D eigenvalue weighted by Gasteiger charge is 2.21. The van der Waals surface area contributed by atoms with Crippen LogP contribution in [0, 0.1) is 5.92 Å². The van der Waals surface area contributed by atoms with Gasteiger partial charge in [0.25, 0.3) is 0 Å². The standard InChI is InChI=1S/C21H25N3O2S/c1-4-26-15-9-11-16(12-10-15)27-13-19(25)24-20(14(2)3)21-22-17-7-5-6-8-18(17)23-21/h5-12,14,20H,4,13H2,1-3H3,(H,22,23)(H,24,25)/t20-/m1/s1. The number of H-pyrrole nitrogens is 1. The number of hydrogen-bond donors (Lipinski definition) is 2. The lowest BCUT2D eigenvalue weighted by molar-refractivity contribution is -0.119. The topological polar surface area (TPSA) is 67.0 Å². The van der Waals surface area contributed by atoms with E-state index in [1.807, 2.05) is 55.5 Å². The van der Waals surface area contributed by atoms with Crippen molar-refractivity contribution in [2.24, 2.45) is 5.92 Å². The fourth-order valence-electron chi connectivity index (χ4n) is 2.83. The Labute approximate surface area is 163 Å². The maximum atomic E-state index is 12.5. The number of carbonyl (C=O) groups is 1. The van der Waals surface area contributed by atoms with Crippen molar-refractivity contribution in [1.29, 1.82) is 0 Å². The van der Waals surface area contributed by atoms with E-state index in [0.717, 1.165) is 27.5 Å². The smallest absolute Gasteiger partial charge is 0.230 e. The SMILES string of the molecule is CCOc1ccc(SCC(=O)N[C@@H](c2nc3ccccc3[nH]2)C(C)C)cc1. The fourth-order valence-corrected chi connectivity index (χ4v) is 3.54. The average Bonchev–Trinajstić information content (AvgIpc) is 3.09. The molecule has 0 aliphatic carbocycles. The number of ether oxygens (including phenoxy) is 1. The average molecular weight is 384 g/mol. The number of carbonyl (C=O) groups excluding carboxylic acids is 1. The second kappa shape index (κ2) is 8.95. The molecule has 1 atom stereocenters. The normalized spacial score (nSPS) is 12.3. The van der Waals surface area contributed by atoms with Gasteiger partial charge in [0.1, 0.15) is 11.6 Å². The quantitative estimate of drug-likeness (QED) is 0.559. The number of para-hydroxylation sites is 2. The summed E-state index contributed by atoms with van der Waals surface area (Å²) in [4.78, 5) is 21.5. The van der Waals surface area contributed by atoms with Crippen LogP contribution in [-0.4, -0.2) is 28.2 Å². The molecule has 0 bridgehead atoms. The third kappa shape index (κ3) is 5.04. The number of imidazole rings is 1. The predicted octanol–water partition coefficient (Wildman–Crippen LogP) is 4.57. The van der Waals surface area contributed by atoms with Crippen molar-refractivity contribution in [2.45, 2.75) is 31.7 Å². The summed E-state index contributed by atoms with van der Waals surface area (Å²) in [5, 5.41) is 3.12. The maximum absolute atomic E-state index is 12.5. The first kappa shape index (κ1) is 19.3. The van der Waals surface area contributed by atoms with Crippen LogP contribution in [0.3, 0.4) is 0 Å². The molecule has 0 fully saturated rings. The molecule has 0 aliphatic rings. The van der Waals surface area contributed by atoms with Gasteiger partial charge in [-0.3, -0.25) is 4.79 Å². The van der Waals surface area contributed by atoms with E-state index in [-0.39, 0.29) is 17.9 Å². The zero-order chi connectivity index (χ0) is 19.2. The van der Waals surface area contributed by atoms with Gasteiger partial charge in [-0.15, -0.1) is 11.8 Å². The van der Waals surface area contributed by atoms with E-state index >= 15 is 0 Å². The molecule has 2 N–H and O–H groups in total. The minimum Gasteiger partial charge on any atom is -0.494 e. The monoisotopic (exact) mass is 383 g/mol. The van der Waals surface area contributed by atoms with Crippen molar-refractivity contribution in [2.75, 3.05) is 12.4 Å². The summed E-state index contributed by atoms with van der Waals surface area (Å²) in [5.74, 6) is 2.22. The molecule has 27 heavy (non-hydrogen) atoms. The van der Waals surface area contributed by atoms with Crippen LogP contribution >= 0.6 is 11.8 Å². The van der Waals surface area contributed by atoms with Gasteiger partial charge in [0.05, 0.1) is 29.4 Å². The first-order chi connectivity index (χ1) is 13.1. The van der Waals surface area contributed by atoms with Gasteiger partial charge in [0.15, 0.2) is 0 Å². The Kier molecular flexibility index (Phi) is 6.40. The Morgan fingerprint density at radius 1 is 1.19 bits per heavy atom. The fraction of sp³-hybridized carbons (Fsp3) is 0.333. The number of nitrogens with one attached hydrogen (secondary N) is 2. The third-order valence-corrected chi connectivity index (χ3v) is 5.20. The lowest BCUT2D eigenvalue weighted by atomic mass is 10.0. The van der Waals surface area contributed by atoms with Crippen molar-refractivity contribution in [3.63, 3.8) is 0 Å². The van der Waals surface area contributed by atoms with Crippen molar-refractivity contribution in [3.05, 3.63) is 54.4 Å². The lowest BCUT2D eigenvalue weighted by Crippen LogP contribution is -2.33. The van der Waals surface area contributed by atoms with E-state index < -0.39 is 0 Å². The van der Waals surface area contributed by atoms with E-state index in [4.69, 9.17) is 4.74 Å². The zero-order valence-corrected chi connectivity index (χ0v) is 16.7. The Morgan fingerprint density at radius 2 is 1.93 bits per heavy atom. The van der Waals surface area contributed by atoms with E-state index in [0.29, 0.717) is 12.4 Å². The summed E-state index contributed by atoms with van der Waals surface area (Å²) in [6.45, 7) is 6.77. The zero-order valence-electron chi connectivity index (χ0n) is 15.9. The van der Waals surface area contributed by atoms with Gasteiger partial charge in [-0.2, -0.15) is 0 Å². The van der Waals surface area contributed by atoms with E-state index in [9.17, 15) is 4.79 Å².